The highest BCUT2D eigenvalue weighted by Gasteiger charge is 2.52. The molecule has 2 aliphatic rings. The highest BCUT2D eigenvalue weighted by molar-refractivity contribution is 6.61. The van der Waals surface area contributed by atoms with Crippen LogP contribution in [-0.4, -0.2) is 71.7 Å². The van der Waals surface area contributed by atoms with Crippen LogP contribution in [-0.2, 0) is 14.1 Å². The van der Waals surface area contributed by atoms with Gasteiger partial charge in [-0.3, -0.25) is 4.79 Å². The molecule has 1 atom stereocenters. The van der Waals surface area contributed by atoms with E-state index in [0.717, 1.165) is 31.5 Å². The predicted octanol–water partition coefficient (Wildman–Crippen LogP) is 1.30. The lowest BCUT2D eigenvalue weighted by Gasteiger charge is -2.32. The number of hydrogen-bond acceptors (Lipinski definition) is 6. The van der Waals surface area contributed by atoms with Crippen LogP contribution < -0.4 is 10.4 Å². The van der Waals surface area contributed by atoms with Crippen molar-refractivity contribution in [1.29, 1.82) is 0 Å². The zero-order chi connectivity index (χ0) is 19.8. The summed E-state index contributed by atoms with van der Waals surface area (Å²) in [5.41, 5.74) is 0.0368. The molecule has 0 spiro atoms. The molecule has 3 rings (SSSR count). The molecule has 2 aliphatic heterocycles. The predicted molar refractivity (Wildman–Crippen MR) is 106 cm³/mol. The Kier molecular flexibility index (Phi) is 5.70. The molecule has 148 valence electrons. The standard InChI is InChI=1S/C18H28BClN4O3/c1-17(2)18(3,4)27-19(26-17)14-9-21-16(22-10-14)23(5)11-13-6-7-24(12-13)15(25)8-20/h9-10,13H,6-8,11-12H2,1-5H3/t13-/m1/s1. The Bertz CT molecular complexity index is 670. The molecule has 2 saturated heterocycles. The third-order valence-corrected chi connectivity index (χ3v) is 6.04. The van der Waals surface area contributed by atoms with Crippen molar-refractivity contribution in [3.05, 3.63) is 12.4 Å². The number of rotatable bonds is 5. The van der Waals surface area contributed by atoms with Crippen molar-refractivity contribution >= 4 is 36.0 Å². The van der Waals surface area contributed by atoms with E-state index in [4.69, 9.17) is 20.9 Å². The molecule has 0 unspecified atom stereocenters. The van der Waals surface area contributed by atoms with Crippen molar-refractivity contribution in [1.82, 2.24) is 14.9 Å². The minimum atomic E-state index is -0.459. The number of carbonyl (C=O) groups excluding carboxylic acids is 1. The van der Waals surface area contributed by atoms with E-state index in [9.17, 15) is 4.79 Å². The zero-order valence-electron chi connectivity index (χ0n) is 16.7. The first-order valence-corrected chi connectivity index (χ1v) is 9.89. The SMILES string of the molecule is CN(C[C@H]1CCN(C(=O)CCl)C1)c1ncc(B2OC(C)(C)C(C)(C)O2)cn1. The number of halogens is 1. The van der Waals surface area contributed by atoms with Crippen molar-refractivity contribution in [2.75, 3.05) is 37.5 Å². The summed E-state index contributed by atoms with van der Waals surface area (Å²) in [5.74, 6) is 1.10. The molecule has 27 heavy (non-hydrogen) atoms. The molecular weight excluding hydrogens is 366 g/mol. The topological polar surface area (TPSA) is 67.8 Å². The second kappa shape index (κ2) is 7.56. The van der Waals surface area contributed by atoms with E-state index in [0.29, 0.717) is 11.9 Å². The fourth-order valence-electron chi connectivity index (χ4n) is 3.39. The first-order valence-electron chi connectivity index (χ1n) is 9.35. The fourth-order valence-corrected chi connectivity index (χ4v) is 3.56. The lowest BCUT2D eigenvalue weighted by Crippen LogP contribution is -2.41. The maximum atomic E-state index is 11.7. The van der Waals surface area contributed by atoms with Gasteiger partial charge < -0.3 is 19.1 Å². The summed E-state index contributed by atoms with van der Waals surface area (Å²) in [6, 6.07) is 0. The van der Waals surface area contributed by atoms with E-state index in [-0.39, 0.29) is 23.0 Å². The van der Waals surface area contributed by atoms with Crippen molar-refractivity contribution in [3.8, 4) is 0 Å². The summed E-state index contributed by atoms with van der Waals surface area (Å²) in [7, 11) is 1.51. The molecule has 0 saturated carbocycles. The second-order valence-corrected chi connectivity index (χ2v) is 8.68. The van der Waals surface area contributed by atoms with Crippen molar-refractivity contribution in [2.24, 2.45) is 5.92 Å². The van der Waals surface area contributed by atoms with E-state index >= 15 is 0 Å². The molecule has 9 heteroatoms. The minimum Gasteiger partial charge on any atom is -0.399 e. The van der Waals surface area contributed by atoms with E-state index in [1.165, 1.54) is 0 Å². The van der Waals surface area contributed by atoms with Crippen molar-refractivity contribution in [3.63, 3.8) is 0 Å². The Hall–Kier alpha value is -1.38. The number of nitrogens with zero attached hydrogens (tertiary/aromatic N) is 4. The molecule has 0 aromatic carbocycles. The molecule has 2 fully saturated rings. The molecule has 0 radical (unpaired) electrons. The van der Waals surface area contributed by atoms with Gasteiger partial charge in [-0.2, -0.15) is 0 Å². The molecule has 0 aliphatic carbocycles. The first kappa shape index (κ1) is 20.4. The minimum absolute atomic E-state index is 0.00448. The molecule has 1 aromatic rings. The van der Waals surface area contributed by atoms with Crippen LogP contribution in [0.4, 0.5) is 5.95 Å². The summed E-state index contributed by atoms with van der Waals surface area (Å²) in [4.78, 5) is 24.5. The highest BCUT2D eigenvalue weighted by atomic mass is 35.5. The number of likely N-dealkylation sites (tertiary alicyclic amines) is 1. The van der Waals surface area contributed by atoms with E-state index in [1.807, 2.05) is 44.5 Å². The number of aromatic nitrogens is 2. The van der Waals surface area contributed by atoms with Crippen LogP contribution in [0.2, 0.25) is 0 Å². The second-order valence-electron chi connectivity index (χ2n) is 8.41. The van der Waals surface area contributed by atoms with E-state index in [2.05, 4.69) is 9.97 Å². The van der Waals surface area contributed by atoms with Gasteiger partial charge in [0.25, 0.3) is 0 Å². The van der Waals surface area contributed by atoms with Crippen LogP contribution >= 0.6 is 11.6 Å². The van der Waals surface area contributed by atoms with Crippen LogP contribution in [0.15, 0.2) is 12.4 Å². The van der Waals surface area contributed by atoms with Crippen LogP contribution in [0.1, 0.15) is 34.1 Å². The van der Waals surface area contributed by atoms with Gasteiger partial charge in [-0.05, 0) is 40.0 Å². The third kappa shape index (κ3) is 4.22. The van der Waals surface area contributed by atoms with Crippen LogP contribution in [0.3, 0.4) is 0 Å². The summed E-state index contributed by atoms with van der Waals surface area (Å²) in [5, 5.41) is 0. The normalized spacial score (nSPS) is 23.7. The van der Waals surface area contributed by atoms with E-state index in [1.54, 1.807) is 12.4 Å². The average molecular weight is 395 g/mol. The van der Waals surface area contributed by atoms with Gasteiger partial charge in [0.15, 0.2) is 0 Å². The Labute approximate surface area is 166 Å². The Morgan fingerprint density at radius 2 is 1.89 bits per heavy atom. The van der Waals surface area contributed by atoms with Gasteiger partial charge in [-0.1, -0.05) is 0 Å². The Balaban J connectivity index is 1.59. The van der Waals surface area contributed by atoms with Crippen LogP contribution in [0.25, 0.3) is 0 Å². The van der Waals surface area contributed by atoms with Gasteiger partial charge in [0.05, 0.1) is 11.2 Å². The molecule has 1 amide bonds. The molecule has 0 bridgehead atoms. The lowest BCUT2D eigenvalue weighted by molar-refractivity contribution is -0.127. The van der Waals surface area contributed by atoms with Crippen molar-refractivity contribution < 1.29 is 14.1 Å². The van der Waals surface area contributed by atoms with Gasteiger partial charge in [-0.15, -0.1) is 11.6 Å². The number of amides is 1. The van der Waals surface area contributed by atoms with Gasteiger partial charge in [0.1, 0.15) is 5.88 Å². The van der Waals surface area contributed by atoms with Gasteiger partial charge in [-0.25, -0.2) is 9.97 Å². The van der Waals surface area contributed by atoms with Crippen LogP contribution in [0.5, 0.6) is 0 Å². The van der Waals surface area contributed by atoms with Gasteiger partial charge >= 0.3 is 7.12 Å². The number of alkyl halides is 1. The van der Waals surface area contributed by atoms with E-state index < -0.39 is 7.12 Å². The van der Waals surface area contributed by atoms with Gasteiger partial charge in [0.2, 0.25) is 11.9 Å². The Morgan fingerprint density at radius 1 is 1.30 bits per heavy atom. The Morgan fingerprint density at radius 3 is 2.44 bits per heavy atom. The molecular formula is C18H28BClN4O3. The molecule has 1 aromatic heterocycles. The monoisotopic (exact) mass is 394 g/mol. The average Bonchev–Trinajstić information content (AvgIpc) is 3.16. The number of anilines is 1. The maximum absolute atomic E-state index is 11.7. The van der Waals surface area contributed by atoms with Gasteiger partial charge in [0, 0.05) is 44.5 Å². The number of hydrogen-bond donors (Lipinski definition) is 0. The quantitative estimate of drug-likeness (QED) is 0.554. The lowest BCUT2D eigenvalue weighted by atomic mass is 9.81. The van der Waals surface area contributed by atoms with Crippen molar-refractivity contribution in [2.45, 2.75) is 45.3 Å². The summed E-state index contributed by atoms with van der Waals surface area (Å²) in [6.07, 6.45) is 4.50. The molecule has 7 nitrogen and oxygen atoms in total. The van der Waals surface area contributed by atoms with Crippen LogP contribution in [0, 0.1) is 5.92 Å². The molecule has 0 N–H and O–H groups in total. The molecule has 3 heterocycles. The fraction of sp³-hybridized carbons (Fsp3) is 0.722. The number of carbonyl (C=O) groups is 1. The summed E-state index contributed by atoms with van der Waals surface area (Å²) >= 11 is 5.64. The smallest absolute Gasteiger partial charge is 0.399 e. The summed E-state index contributed by atoms with van der Waals surface area (Å²) < 4.78 is 12.1. The zero-order valence-corrected chi connectivity index (χ0v) is 17.5. The maximum Gasteiger partial charge on any atom is 0.498 e. The first-order chi connectivity index (χ1) is 12.6. The largest absolute Gasteiger partial charge is 0.498 e. The summed E-state index contributed by atoms with van der Waals surface area (Å²) in [6.45, 7) is 10.4. The third-order valence-electron chi connectivity index (χ3n) is 5.81. The highest BCUT2D eigenvalue weighted by Crippen LogP contribution is 2.36.